The average Bonchev–Trinajstić information content (AvgIpc) is 3.23. The number of anilines is 2. The summed E-state index contributed by atoms with van der Waals surface area (Å²) in [6, 6.07) is 14.9. The van der Waals surface area contributed by atoms with E-state index in [1.165, 1.54) is 17.7 Å². The number of benzene rings is 2. The SMILES string of the molecule is O=C(Nc1cc(F)cc(N2CCCC2)c1)C1CN(Cc2ccccc2)CCO1. The van der Waals surface area contributed by atoms with E-state index in [2.05, 4.69) is 27.2 Å². The summed E-state index contributed by atoms with van der Waals surface area (Å²) in [5, 5.41) is 2.84. The van der Waals surface area contributed by atoms with Crippen LogP contribution in [0.2, 0.25) is 0 Å². The third kappa shape index (κ3) is 4.69. The molecule has 2 fully saturated rings. The molecule has 0 saturated carbocycles. The summed E-state index contributed by atoms with van der Waals surface area (Å²) in [6.07, 6.45) is 1.67. The highest BCUT2D eigenvalue weighted by Gasteiger charge is 2.27. The third-order valence-corrected chi connectivity index (χ3v) is 5.31. The molecule has 1 unspecified atom stereocenters. The van der Waals surface area contributed by atoms with Gasteiger partial charge in [-0.05, 0) is 36.6 Å². The fourth-order valence-corrected chi connectivity index (χ4v) is 3.87. The lowest BCUT2D eigenvalue weighted by Gasteiger charge is -2.32. The van der Waals surface area contributed by atoms with Gasteiger partial charge in [0.1, 0.15) is 11.9 Å². The van der Waals surface area contributed by atoms with E-state index < -0.39 is 6.10 Å². The summed E-state index contributed by atoms with van der Waals surface area (Å²) < 4.78 is 19.7. The predicted molar refractivity (Wildman–Crippen MR) is 108 cm³/mol. The van der Waals surface area contributed by atoms with Gasteiger partial charge in [0.2, 0.25) is 0 Å². The summed E-state index contributed by atoms with van der Waals surface area (Å²) in [6.45, 7) is 4.46. The van der Waals surface area contributed by atoms with Crippen molar-refractivity contribution in [3.8, 4) is 0 Å². The van der Waals surface area contributed by atoms with E-state index >= 15 is 0 Å². The minimum Gasteiger partial charge on any atom is -0.371 e. The van der Waals surface area contributed by atoms with Crippen molar-refractivity contribution in [1.29, 1.82) is 0 Å². The second kappa shape index (κ2) is 8.71. The van der Waals surface area contributed by atoms with Crippen LogP contribution in [0.1, 0.15) is 18.4 Å². The Labute approximate surface area is 165 Å². The standard InChI is InChI=1S/C22H26FN3O2/c23-18-12-19(14-20(13-18)26-8-4-5-9-26)24-22(27)21-16-25(10-11-28-21)15-17-6-2-1-3-7-17/h1-3,6-7,12-14,21H,4-5,8-11,15-16H2,(H,24,27). The van der Waals surface area contributed by atoms with Crippen LogP contribution in [-0.2, 0) is 16.1 Å². The van der Waals surface area contributed by atoms with Crippen molar-refractivity contribution in [3.05, 3.63) is 59.9 Å². The molecule has 5 nitrogen and oxygen atoms in total. The Morgan fingerprint density at radius 3 is 2.68 bits per heavy atom. The molecule has 4 rings (SSSR count). The lowest BCUT2D eigenvalue weighted by atomic mass is 10.1. The number of hydrogen-bond acceptors (Lipinski definition) is 4. The summed E-state index contributed by atoms with van der Waals surface area (Å²) in [4.78, 5) is 17.1. The first kappa shape index (κ1) is 18.9. The second-order valence-electron chi connectivity index (χ2n) is 7.46. The van der Waals surface area contributed by atoms with Gasteiger partial charge in [-0.25, -0.2) is 4.39 Å². The highest BCUT2D eigenvalue weighted by Crippen LogP contribution is 2.25. The minimum atomic E-state index is -0.559. The molecule has 1 atom stereocenters. The van der Waals surface area contributed by atoms with Crippen LogP contribution in [0.5, 0.6) is 0 Å². The molecule has 2 saturated heterocycles. The molecule has 0 bridgehead atoms. The number of halogens is 1. The first-order valence-corrected chi connectivity index (χ1v) is 9.92. The van der Waals surface area contributed by atoms with E-state index in [9.17, 15) is 9.18 Å². The van der Waals surface area contributed by atoms with Gasteiger partial charge < -0.3 is 15.0 Å². The average molecular weight is 383 g/mol. The van der Waals surface area contributed by atoms with Gasteiger partial charge >= 0.3 is 0 Å². The van der Waals surface area contributed by atoms with Gasteiger partial charge in [-0.15, -0.1) is 0 Å². The number of ether oxygens (including phenoxy) is 1. The summed E-state index contributed by atoms with van der Waals surface area (Å²) >= 11 is 0. The number of hydrogen-bond donors (Lipinski definition) is 1. The number of carbonyl (C=O) groups excluding carboxylic acids is 1. The number of rotatable bonds is 5. The molecule has 6 heteroatoms. The zero-order valence-corrected chi connectivity index (χ0v) is 15.9. The van der Waals surface area contributed by atoms with E-state index in [1.807, 2.05) is 24.3 Å². The van der Waals surface area contributed by atoms with Crippen LogP contribution in [0, 0.1) is 5.82 Å². The predicted octanol–water partition coefficient (Wildman–Crippen LogP) is 3.27. The van der Waals surface area contributed by atoms with Gasteiger partial charge in [0, 0.05) is 44.1 Å². The van der Waals surface area contributed by atoms with Crippen LogP contribution < -0.4 is 10.2 Å². The van der Waals surface area contributed by atoms with Crippen LogP contribution in [0.25, 0.3) is 0 Å². The smallest absolute Gasteiger partial charge is 0.254 e. The fourth-order valence-electron chi connectivity index (χ4n) is 3.87. The third-order valence-electron chi connectivity index (χ3n) is 5.31. The summed E-state index contributed by atoms with van der Waals surface area (Å²) in [7, 11) is 0. The molecule has 1 N–H and O–H groups in total. The van der Waals surface area contributed by atoms with Crippen molar-refractivity contribution >= 4 is 17.3 Å². The fraction of sp³-hybridized carbons (Fsp3) is 0.409. The molecule has 0 aliphatic carbocycles. The molecule has 0 aromatic heterocycles. The maximum atomic E-state index is 14.1. The van der Waals surface area contributed by atoms with Crippen molar-refractivity contribution in [2.45, 2.75) is 25.5 Å². The Bertz CT molecular complexity index is 809. The van der Waals surface area contributed by atoms with Gasteiger partial charge in [-0.1, -0.05) is 30.3 Å². The Morgan fingerprint density at radius 2 is 1.89 bits per heavy atom. The maximum Gasteiger partial charge on any atom is 0.254 e. The van der Waals surface area contributed by atoms with Crippen molar-refractivity contribution in [3.63, 3.8) is 0 Å². The molecule has 0 radical (unpaired) electrons. The maximum absolute atomic E-state index is 14.1. The van der Waals surface area contributed by atoms with Gasteiger partial charge in [-0.2, -0.15) is 0 Å². The molecule has 1 amide bonds. The highest BCUT2D eigenvalue weighted by molar-refractivity contribution is 5.94. The van der Waals surface area contributed by atoms with Crippen LogP contribution in [0.15, 0.2) is 48.5 Å². The van der Waals surface area contributed by atoms with E-state index in [0.29, 0.717) is 18.8 Å². The van der Waals surface area contributed by atoms with Crippen LogP contribution in [0.3, 0.4) is 0 Å². The van der Waals surface area contributed by atoms with Gasteiger partial charge in [0.15, 0.2) is 0 Å². The number of nitrogens with zero attached hydrogens (tertiary/aromatic N) is 2. The number of nitrogens with one attached hydrogen (secondary N) is 1. The lowest BCUT2D eigenvalue weighted by Crippen LogP contribution is -2.47. The molecule has 2 aliphatic rings. The van der Waals surface area contributed by atoms with Crippen LogP contribution in [-0.4, -0.2) is 49.7 Å². The molecule has 2 aliphatic heterocycles. The zero-order valence-electron chi connectivity index (χ0n) is 15.9. The topological polar surface area (TPSA) is 44.8 Å². The van der Waals surface area contributed by atoms with Crippen LogP contribution in [0.4, 0.5) is 15.8 Å². The molecule has 28 heavy (non-hydrogen) atoms. The van der Waals surface area contributed by atoms with E-state index in [4.69, 9.17) is 4.74 Å². The van der Waals surface area contributed by atoms with E-state index in [0.717, 1.165) is 44.7 Å². The zero-order chi connectivity index (χ0) is 19.3. The molecule has 2 aromatic rings. The molecule has 2 aromatic carbocycles. The largest absolute Gasteiger partial charge is 0.371 e. The minimum absolute atomic E-state index is 0.226. The van der Waals surface area contributed by atoms with Gasteiger partial charge in [0.05, 0.1) is 6.61 Å². The van der Waals surface area contributed by atoms with Crippen molar-refractivity contribution in [2.24, 2.45) is 0 Å². The van der Waals surface area contributed by atoms with E-state index in [1.54, 1.807) is 0 Å². The normalized spacial score (nSPS) is 20.3. The van der Waals surface area contributed by atoms with Crippen LogP contribution >= 0.6 is 0 Å². The second-order valence-corrected chi connectivity index (χ2v) is 7.46. The molecule has 148 valence electrons. The van der Waals surface area contributed by atoms with Gasteiger partial charge in [-0.3, -0.25) is 9.69 Å². The molecular formula is C22H26FN3O2. The monoisotopic (exact) mass is 383 g/mol. The summed E-state index contributed by atoms with van der Waals surface area (Å²) in [5.74, 6) is -0.564. The first-order valence-electron chi connectivity index (χ1n) is 9.92. The lowest BCUT2D eigenvalue weighted by molar-refractivity contribution is -0.133. The number of carbonyl (C=O) groups is 1. The quantitative estimate of drug-likeness (QED) is 0.861. The van der Waals surface area contributed by atoms with Crippen molar-refractivity contribution in [1.82, 2.24) is 4.90 Å². The van der Waals surface area contributed by atoms with Crippen molar-refractivity contribution in [2.75, 3.05) is 43.0 Å². The van der Waals surface area contributed by atoms with Gasteiger partial charge in [0.25, 0.3) is 5.91 Å². The molecule has 0 spiro atoms. The molecular weight excluding hydrogens is 357 g/mol. The Kier molecular flexibility index (Phi) is 5.88. The summed E-state index contributed by atoms with van der Waals surface area (Å²) in [5.41, 5.74) is 2.52. The Balaban J connectivity index is 1.39. The number of amides is 1. The Morgan fingerprint density at radius 1 is 1.11 bits per heavy atom. The Hall–Kier alpha value is -2.44. The van der Waals surface area contributed by atoms with Crippen molar-refractivity contribution < 1.29 is 13.9 Å². The van der Waals surface area contributed by atoms with E-state index in [-0.39, 0.29) is 11.7 Å². The highest BCUT2D eigenvalue weighted by atomic mass is 19.1. The molecule has 2 heterocycles. The first-order chi connectivity index (χ1) is 13.7. The number of morpholine rings is 1.